The Hall–Kier alpha value is -0.930. The van der Waals surface area contributed by atoms with Gasteiger partial charge < -0.3 is 5.32 Å². The van der Waals surface area contributed by atoms with Gasteiger partial charge in [0.1, 0.15) is 0 Å². The first kappa shape index (κ1) is 18.1. The van der Waals surface area contributed by atoms with Crippen LogP contribution in [0.15, 0.2) is 24.4 Å². The predicted molar refractivity (Wildman–Crippen MR) is 91.6 cm³/mol. The van der Waals surface area contributed by atoms with Crippen molar-refractivity contribution in [2.75, 3.05) is 19.6 Å². The summed E-state index contributed by atoms with van der Waals surface area (Å²) in [6, 6.07) is 6.64. The van der Waals surface area contributed by atoms with Gasteiger partial charge in [-0.2, -0.15) is 0 Å². The van der Waals surface area contributed by atoms with Gasteiger partial charge in [-0.05, 0) is 51.5 Å². The van der Waals surface area contributed by atoms with E-state index in [0.29, 0.717) is 6.04 Å². The normalized spacial score (nSPS) is 15.9. The van der Waals surface area contributed by atoms with E-state index >= 15 is 0 Å². The maximum Gasteiger partial charge on any atom is 0.0419 e. The Bertz CT molecular complexity index is 375. The Morgan fingerprint density at radius 3 is 2.38 bits per heavy atom. The number of hydrogen-bond donors (Lipinski definition) is 1. The number of hydrogen-bond acceptors (Lipinski definition) is 3. The van der Waals surface area contributed by atoms with E-state index in [9.17, 15) is 0 Å². The Balaban J connectivity index is 2.97. The van der Waals surface area contributed by atoms with Gasteiger partial charge in [0, 0.05) is 29.9 Å². The van der Waals surface area contributed by atoms with Gasteiger partial charge in [0.05, 0.1) is 0 Å². The molecule has 1 aromatic heterocycles. The molecule has 0 saturated carbocycles. The molecule has 3 heteroatoms. The van der Waals surface area contributed by atoms with Gasteiger partial charge >= 0.3 is 0 Å². The zero-order valence-corrected chi connectivity index (χ0v) is 14.5. The van der Waals surface area contributed by atoms with E-state index in [4.69, 9.17) is 0 Å². The van der Waals surface area contributed by atoms with Crippen LogP contribution in [0.5, 0.6) is 0 Å². The molecular formula is C18H33N3. The highest BCUT2D eigenvalue weighted by Crippen LogP contribution is 2.26. The molecule has 120 valence electrons. The van der Waals surface area contributed by atoms with Crippen LogP contribution < -0.4 is 5.32 Å². The highest BCUT2D eigenvalue weighted by atomic mass is 15.2. The van der Waals surface area contributed by atoms with Gasteiger partial charge in [-0.3, -0.25) is 9.88 Å². The summed E-state index contributed by atoms with van der Waals surface area (Å²) in [7, 11) is 0. The molecular weight excluding hydrogens is 258 g/mol. The molecule has 0 amide bonds. The van der Waals surface area contributed by atoms with Crippen molar-refractivity contribution in [2.24, 2.45) is 0 Å². The minimum Gasteiger partial charge on any atom is -0.312 e. The molecule has 0 bridgehead atoms. The van der Waals surface area contributed by atoms with E-state index in [0.717, 1.165) is 38.9 Å². The molecule has 2 unspecified atom stereocenters. The average Bonchev–Trinajstić information content (AvgIpc) is 2.53. The average molecular weight is 291 g/mol. The predicted octanol–water partition coefficient (Wildman–Crippen LogP) is 3.50. The van der Waals surface area contributed by atoms with Crippen LogP contribution in [0.25, 0.3) is 0 Å². The van der Waals surface area contributed by atoms with Crippen LogP contribution in [0.3, 0.4) is 0 Å². The van der Waals surface area contributed by atoms with Crippen molar-refractivity contribution in [2.45, 2.75) is 65.5 Å². The van der Waals surface area contributed by atoms with E-state index in [1.807, 2.05) is 12.3 Å². The van der Waals surface area contributed by atoms with Crippen molar-refractivity contribution in [3.8, 4) is 0 Å². The maximum atomic E-state index is 4.53. The zero-order valence-electron chi connectivity index (χ0n) is 14.5. The molecule has 2 atom stereocenters. The number of likely N-dealkylation sites (N-methyl/N-ethyl adjacent to an activating group) is 1. The number of rotatable bonds is 10. The SMILES string of the molecule is CCCNC(Cc1ccccn1)C(C)(CC)N(CC)CC. The summed E-state index contributed by atoms with van der Waals surface area (Å²) < 4.78 is 0. The van der Waals surface area contributed by atoms with Gasteiger partial charge in [-0.25, -0.2) is 0 Å². The third-order valence-electron chi connectivity index (χ3n) is 4.73. The van der Waals surface area contributed by atoms with Crippen molar-refractivity contribution in [1.29, 1.82) is 0 Å². The molecule has 0 aromatic carbocycles. The quantitative estimate of drug-likeness (QED) is 0.715. The number of nitrogens with zero attached hydrogens (tertiary/aromatic N) is 2. The summed E-state index contributed by atoms with van der Waals surface area (Å²) in [4.78, 5) is 7.11. The fraction of sp³-hybridized carbons (Fsp3) is 0.722. The Labute approximate surface area is 131 Å². The van der Waals surface area contributed by atoms with E-state index in [-0.39, 0.29) is 5.54 Å². The largest absolute Gasteiger partial charge is 0.312 e. The van der Waals surface area contributed by atoms with E-state index in [1.54, 1.807) is 0 Å². The molecule has 1 rings (SSSR count). The molecule has 0 fully saturated rings. The van der Waals surface area contributed by atoms with E-state index in [1.165, 1.54) is 5.69 Å². The lowest BCUT2D eigenvalue weighted by Crippen LogP contribution is -2.60. The summed E-state index contributed by atoms with van der Waals surface area (Å²) in [6.45, 7) is 14.7. The van der Waals surface area contributed by atoms with Crippen LogP contribution in [0.4, 0.5) is 0 Å². The van der Waals surface area contributed by atoms with Gasteiger partial charge in [0.25, 0.3) is 0 Å². The second-order valence-electron chi connectivity index (χ2n) is 5.91. The van der Waals surface area contributed by atoms with E-state index < -0.39 is 0 Å². The van der Waals surface area contributed by atoms with Crippen LogP contribution in [0, 0.1) is 0 Å². The molecule has 0 aliphatic carbocycles. The first-order valence-electron chi connectivity index (χ1n) is 8.50. The molecule has 1 N–H and O–H groups in total. The summed E-state index contributed by atoms with van der Waals surface area (Å²) in [5.41, 5.74) is 1.34. The highest BCUT2D eigenvalue weighted by Gasteiger charge is 2.36. The molecule has 0 radical (unpaired) electrons. The molecule has 1 heterocycles. The summed E-state index contributed by atoms with van der Waals surface area (Å²) >= 11 is 0. The lowest BCUT2D eigenvalue weighted by atomic mass is 9.84. The standard InChI is InChI=1S/C18H33N3/c1-6-13-20-17(15-16-12-10-11-14-19-16)18(5,7-2)21(8-3)9-4/h10-12,14,17,20H,6-9,13,15H2,1-5H3. The monoisotopic (exact) mass is 291 g/mol. The Morgan fingerprint density at radius 2 is 1.90 bits per heavy atom. The van der Waals surface area contributed by atoms with Crippen LogP contribution in [0.2, 0.25) is 0 Å². The van der Waals surface area contributed by atoms with Crippen LogP contribution in [0.1, 0.15) is 53.2 Å². The topological polar surface area (TPSA) is 28.2 Å². The zero-order chi connectivity index (χ0) is 15.7. The number of aromatic nitrogens is 1. The first-order valence-corrected chi connectivity index (χ1v) is 8.50. The third-order valence-corrected chi connectivity index (χ3v) is 4.73. The fourth-order valence-electron chi connectivity index (χ4n) is 3.19. The number of pyridine rings is 1. The smallest absolute Gasteiger partial charge is 0.0419 e. The molecule has 21 heavy (non-hydrogen) atoms. The van der Waals surface area contributed by atoms with Gasteiger partial charge in [0.15, 0.2) is 0 Å². The lowest BCUT2D eigenvalue weighted by molar-refractivity contribution is 0.0697. The summed E-state index contributed by atoms with van der Waals surface area (Å²) in [6.07, 6.45) is 5.19. The van der Waals surface area contributed by atoms with Crippen molar-refractivity contribution < 1.29 is 0 Å². The second kappa shape index (κ2) is 9.16. The van der Waals surface area contributed by atoms with Gasteiger partial charge in [-0.1, -0.05) is 33.8 Å². The van der Waals surface area contributed by atoms with Crippen molar-refractivity contribution >= 4 is 0 Å². The lowest BCUT2D eigenvalue weighted by Gasteiger charge is -2.46. The van der Waals surface area contributed by atoms with E-state index in [2.05, 4.69) is 62.0 Å². The molecule has 0 aliphatic heterocycles. The molecule has 1 aromatic rings. The van der Waals surface area contributed by atoms with Crippen molar-refractivity contribution in [3.63, 3.8) is 0 Å². The molecule has 3 nitrogen and oxygen atoms in total. The van der Waals surface area contributed by atoms with Crippen LogP contribution in [-0.4, -0.2) is 41.1 Å². The minimum atomic E-state index is 0.163. The van der Waals surface area contributed by atoms with Crippen molar-refractivity contribution in [3.05, 3.63) is 30.1 Å². The highest BCUT2D eigenvalue weighted by molar-refractivity contribution is 5.09. The molecule has 0 saturated heterocycles. The third kappa shape index (κ3) is 4.79. The first-order chi connectivity index (χ1) is 10.1. The summed E-state index contributed by atoms with van der Waals surface area (Å²) in [5, 5.41) is 3.78. The summed E-state index contributed by atoms with van der Waals surface area (Å²) in [5.74, 6) is 0. The maximum absolute atomic E-state index is 4.53. The molecule has 0 aliphatic rings. The van der Waals surface area contributed by atoms with Gasteiger partial charge in [0.2, 0.25) is 0 Å². The van der Waals surface area contributed by atoms with Crippen LogP contribution in [-0.2, 0) is 6.42 Å². The number of nitrogens with one attached hydrogen (secondary N) is 1. The fourth-order valence-corrected chi connectivity index (χ4v) is 3.19. The Morgan fingerprint density at radius 1 is 1.19 bits per heavy atom. The van der Waals surface area contributed by atoms with Crippen molar-refractivity contribution in [1.82, 2.24) is 15.2 Å². The molecule has 0 spiro atoms. The minimum absolute atomic E-state index is 0.163. The Kier molecular flexibility index (Phi) is 7.91. The second-order valence-corrected chi connectivity index (χ2v) is 5.91. The van der Waals surface area contributed by atoms with Gasteiger partial charge in [-0.15, -0.1) is 0 Å². The van der Waals surface area contributed by atoms with Crippen LogP contribution >= 0.6 is 0 Å².